The predicted octanol–water partition coefficient (Wildman–Crippen LogP) is 1.85. The first kappa shape index (κ1) is 11.3. The van der Waals surface area contributed by atoms with Crippen molar-refractivity contribution in [2.24, 2.45) is 0 Å². The van der Waals surface area contributed by atoms with Gasteiger partial charge in [0.15, 0.2) is 0 Å². The van der Waals surface area contributed by atoms with Gasteiger partial charge in [0.2, 0.25) is 5.95 Å². The van der Waals surface area contributed by atoms with E-state index in [1.165, 1.54) is 4.68 Å². The van der Waals surface area contributed by atoms with Crippen LogP contribution in [0, 0.1) is 0 Å². The number of benzene rings is 2. The number of rotatable bonds is 2. The van der Waals surface area contributed by atoms with Crippen LogP contribution in [0.3, 0.4) is 0 Å². The monoisotopic (exact) mass is 252 g/mol. The SMILES string of the molecule is Nc1nc2ccccc2c(=O)n1Nc1ccccc1. The minimum absolute atomic E-state index is 0.132. The summed E-state index contributed by atoms with van der Waals surface area (Å²) in [5, 5.41) is 0.528. The molecule has 19 heavy (non-hydrogen) atoms. The van der Waals surface area contributed by atoms with Crippen LogP contribution < -0.4 is 16.7 Å². The van der Waals surface area contributed by atoms with Crippen LogP contribution in [0.25, 0.3) is 10.9 Å². The van der Waals surface area contributed by atoms with Gasteiger partial charge in [-0.15, -0.1) is 0 Å². The van der Waals surface area contributed by atoms with Crippen molar-refractivity contribution < 1.29 is 0 Å². The molecule has 1 heterocycles. The van der Waals surface area contributed by atoms with E-state index in [0.29, 0.717) is 10.9 Å². The Kier molecular flexibility index (Phi) is 2.64. The van der Waals surface area contributed by atoms with Crippen molar-refractivity contribution in [3.05, 3.63) is 65.0 Å². The molecule has 0 bridgehead atoms. The van der Waals surface area contributed by atoms with Crippen LogP contribution in [0.4, 0.5) is 11.6 Å². The fourth-order valence-corrected chi connectivity index (χ4v) is 1.90. The Morgan fingerprint density at radius 2 is 1.68 bits per heavy atom. The number of anilines is 2. The lowest BCUT2D eigenvalue weighted by molar-refractivity contribution is 0.898. The Hall–Kier alpha value is -2.82. The summed E-state index contributed by atoms with van der Waals surface area (Å²) in [6.45, 7) is 0. The maximum absolute atomic E-state index is 12.3. The van der Waals surface area contributed by atoms with Crippen LogP contribution >= 0.6 is 0 Å². The number of fused-ring (bicyclic) bond motifs is 1. The highest BCUT2D eigenvalue weighted by atomic mass is 16.1. The molecule has 0 radical (unpaired) electrons. The second-order valence-electron chi connectivity index (χ2n) is 4.11. The van der Waals surface area contributed by atoms with Crippen LogP contribution in [0.2, 0.25) is 0 Å². The molecule has 3 aromatic rings. The van der Waals surface area contributed by atoms with Gasteiger partial charge in [-0.25, -0.2) is 4.98 Å². The largest absolute Gasteiger partial charge is 0.368 e. The number of hydrogen-bond acceptors (Lipinski definition) is 4. The molecule has 5 heteroatoms. The molecule has 1 aromatic heterocycles. The molecule has 3 N–H and O–H groups in total. The minimum Gasteiger partial charge on any atom is -0.368 e. The average molecular weight is 252 g/mol. The topological polar surface area (TPSA) is 72.9 Å². The van der Waals surface area contributed by atoms with Gasteiger partial charge in [0.25, 0.3) is 5.56 Å². The van der Waals surface area contributed by atoms with Crippen LogP contribution in [0.15, 0.2) is 59.4 Å². The molecule has 0 atom stereocenters. The van der Waals surface area contributed by atoms with E-state index >= 15 is 0 Å². The first-order valence-corrected chi connectivity index (χ1v) is 5.85. The quantitative estimate of drug-likeness (QED) is 0.730. The number of nitrogen functional groups attached to an aromatic ring is 1. The predicted molar refractivity (Wildman–Crippen MR) is 75.9 cm³/mol. The van der Waals surface area contributed by atoms with Crippen molar-refractivity contribution in [1.29, 1.82) is 0 Å². The maximum Gasteiger partial charge on any atom is 0.281 e. The summed E-state index contributed by atoms with van der Waals surface area (Å²) in [6, 6.07) is 16.5. The molecule has 0 amide bonds. The van der Waals surface area contributed by atoms with Gasteiger partial charge in [-0.2, -0.15) is 4.68 Å². The van der Waals surface area contributed by atoms with E-state index in [-0.39, 0.29) is 11.5 Å². The zero-order valence-electron chi connectivity index (χ0n) is 10.1. The first-order valence-electron chi connectivity index (χ1n) is 5.85. The highest BCUT2D eigenvalue weighted by molar-refractivity contribution is 5.78. The molecule has 2 aromatic carbocycles. The molecular formula is C14H12N4O. The van der Waals surface area contributed by atoms with Gasteiger partial charge in [-0.1, -0.05) is 30.3 Å². The Morgan fingerprint density at radius 3 is 2.47 bits per heavy atom. The summed E-state index contributed by atoms with van der Waals surface area (Å²) < 4.78 is 1.25. The standard InChI is InChI=1S/C14H12N4O/c15-14-16-12-9-5-4-8-11(12)13(19)18(14)17-10-6-2-1-3-7-10/h1-9,17H,(H2,15,16). The normalized spacial score (nSPS) is 10.5. The number of nitrogens with one attached hydrogen (secondary N) is 1. The Morgan fingerprint density at radius 1 is 1.00 bits per heavy atom. The molecule has 5 nitrogen and oxygen atoms in total. The van der Waals surface area contributed by atoms with E-state index in [1.54, 1.807) is 18.2 Å². The lowest BCUT2D eigenvalue weighted by Crippen LogP contribution is -2.29. The third-order valence-electron chi connectivity index (χ3n) is 2.82. The molecule has 94 valence electrons. The minimum atomic E-state index is -0.216. The van der Waals surface area contributed by atoms with Crippen molar-refractivity contribution in [3.8, 4) is 0 Å². The number of nitrogens with two attached hydrogens (primary N) is 1. The molecule has 0 fully saturated rings. The Bertz CT molecular complexity index is 780. The second kappa shape index (κ2) is 4.45. The maximum atomic E-state index is 12.3. The van der Waals surface area contributed by atoms with Crippen molar-refractivity contribution in [2.75, 3.05) is 11.2 Å². The van der Waals surface area contributed by atoms with Crippen molar-refractivity contribution in [1.82, 2.24) is 9.66 Å². The van der Waals surface area contributed by atoms with Gasteiger partial charge in [-0.3, -0.25) is 10.2 Å². The zero-order chi connectivity index (χ0) is 13.2. The Labute approximate surface area is 109 Å². The number of hydrogen-bond donors (Lipinski definition) is 2. The van der Waals surface area contributed by atoms with Crippen molar-refractivity contribution in [3.63, 3.8) is 0 Å². The summed E-state index contributed by atoms with van der Waals surface area (Å²) in [4.78, 5) is 16.5. The van der Waals surface area contributed by atoms with E-state index in [4.69, 9.17) is 5.73 Å². The van der Waals surface area contributed by atoms with Crippen LogP contribution in [-0.2, 0) is 0 Å². The Balaban J connectivity index is 2.16. The van der Waals surface area contributed by atoms with E-state index in [0.717, 1.165) is 5.69 Å². The summed E-state index contributed by atoms with van der Waals surface area (Å²) >= 11 is 0. The number of para-hydroxylation sites is 2. The molecule has 0 unspecified atom stereocenters. The summed E-state index contributed by atoms with van der Waals surface area (Å²) in [5.41, 5.74) is 9.92. The number of nitrogens with zero attached hydrogens (tertiary/aromatic N) is 2. The van der Waals surface area contributed by atoms with E-state index in [2.05, 4.69) is 10.4 Å². The molecular weight excluding hydrogens is 240 g/mol. The van der Waals surface area contributed by atoms with Crippen molar-refractivity contribution >= 4 is 22.5 Å². The van der Waals surface area contributed by atoms with Gasteiger partial charge in [0.05, 0.1) is 16.6 Å². The lowest BCUT2D eigenvalue weighted by Gasteiger charge is -2.12. The average Bonchev–Trinajstić information content (AvgIpc) is 2.45. The van der Waals surface area contributed by atoms with Crippen LogP contribution in [0.5, 0.6) is 0 Å². The molecule has 3 rings (SSSR count). The third-order valence-corrected chi connectivity index (χ3v) is 2.82. The van der Waals surface area contributed by atoms with Gasteiger partial charge in [0.1, 0.15) is 0 Å². The van der Waals surface area contributed by atoms with Crippen LogP contribution in [0.1, 0.15) is 0 Å². The highest BCUT2D eigenvalue weighted by Crippen LogP contribution is 2.10. The first-order chi connectivity index (χ1) is 9.25. The lowest BCUT2D eigenvalue weighted by atomic mass is 10.2. The molecule has 0 spiro atoms. The molecule has 0 aliphatic heterocycles. The van der Waals surface area contributed by atoms with Crippen LogP contribution in [-0.4, -0.2) is 9.66 Å². The van der Waals surface area contributed by atoms with Crippen molar-refractivity contribution in [2.45, 2.75) is 0 Å². The highest BCUT2D eigenvalue weighted by Gasteiger charge is 2.07. The van der Waals surface area contributed by atoms with E-state index < -0.39 is 0 Å². The molecule has 0 saturated heterocycles. The van der Waals surface area contributed by atoms with Gasteiger partial charge in [0, 0.05) is 0 Å². The fourth-order valence-electron chi connectivity index (χ4n) is 1.90. The molecule has 0 saturated carbocycles. The summed E-state index contributed by atoms with van der Waals surface area (Å²) in [6.07, 6.45) is 0. The second-order valence-corrected chi connectivity index (χ2v) is 4.11. The van der Waals surface area contributed by atoms with E-state index in [1.807, 2.05) is 36.4 Å². The summed E-state index contributed by atoms with van der Waals surface area (Å²) in [5.74, 6) is 0.132. The van der Waals surface area contributed by atoms with Gasteiger partial charge in [-0.05, 0) is 24.3 Å². The zero-order valence-corrected chi connectivity index (χ0v) is 10.1. The smallest absolute Gasteiger partial charge is 0.281 e. The van der Waals surface area contributed by atoms with E-state index in [9.17, 15) is 4.79 Å². The van der Waals surface area contributed by atoms with Gasteiger partial charge < -0.3 is 5.73 Å². The number of aromatic nitrogens is 2. The molecule has 0 aliphatic carbocycles. The van der Waals surface area contributed by atoms with Gasteiger partial charge >= 0.3 is 0 Å². The fraction of sp³-hybridized carbons (Fsp3) is 0. The summed E-state index contributed by atoms with van der Waals surface area (Å²) in [7, 11) is 0. The molecule has 0 aliphatic rings. The third kappa shape index (κ3) is 2.01.